The monoisotopic (exact) mass is 881 g/mol. The van der Waals surface area contributed by atoms with Gasteiger partial charge >= 0.3 is 0 Å². The molecular weight excluding hydrogens is 789 g/mol. The zero-order valence-electron chi connectivity index (χ0n) is 41.5. The van der Waals surface area contributed by atoms with Gasteiger partial charge in [-0.25, -0.2) is 0 Å². The molecule has 0 saturated carbocycles. The zero-order chi connectivity index (χ0) is 45.7. The van der Waals surface area contributed by atoms with E-state index in [0.717, 1.165) is 57.7 Å². The third kappa shape index (κ3) is 16.2. The van der Waals surface area contributed by atoms with Crippen molar-refractivity contribution in [3.8, 4) is 0 Å². The molecule has 2 aromatic rings. The van der Waals surface area contributed by atoms with Crippen molar-refractivity contribution in [3.05, 3.63) is 65.8 Å². The minimum Gasteiger partial charge on any atom is -0.319 e. The van der Waals surface area contributed by atoms with Gasteiger partial charge in [-0.1, -0.05) is 220 Å². The Morgan fingerprint density at radius 3 is 1.33 bits per heavy atom. The highest BCUT2D eigenvalue weighted by molar-refractivity contribution is 6.18. The predicted octanol–water partition coefficient (Wildman–Crippen LogP) is 15.4. The van der Waals surface area contributed by atoms with Gasteiger partial charge in [-0.2, -0.15) is 0 Å². The maximum absolute atomic E-state index is 15.5. The number of likely N-dealkylation sites (tertiary alicyclic amines) is 1. The van der Waals surface area contributed by atoms with Crippen LogP contribution in [0.15, 0.2) is 54.4 Å². The molecule has 0 aromatic carbocycles. The Morgan fingerprint density at radius 1 is 0.531 bits per heavy atom. The molecule has 0 bridgehead atoms. The summed E-state index contributed by atoms with van der Waals surface area (Å²) in [6.07, 6.45) is 43.4. The first-order valence-corrected chi connectivity index (χ1v) is 27.1. The Bertz CT molecular complexity index is 1600. The minimum atomic E-state index is -1.52. The molecule has 0 N–H and O–H groups in total. The van der Waals surface area contributed by atoms with Crippen molar-refractivity contribution in [2.24, 2.45) is 17.8 Å². The maximum atomic E-state index is 15.5. The normalized spacial score (nSPS) is 18.3. The van der Waals surface area contributed by atoms with Crippen LogP contribution in [-0.4, -0.2) is 51.0 Å². The Labute approximate surface area is 391 Å². The minimum absolute atomic E-state index is 0.149. The van der Waals surface area contributed by atoms with Crippen LogP contribution in [0.25, 0.3) is 5.70 Å². The van der Waals surface area contributed by atoms with Crippen LogP contribution in [-0.2, 0) is 19.9 Å². The van der Waals surface area contributed by atoms with Crippen LogP contribution in [0, 0.1) is 17.8 Å². The van der Waals surface area contributed by atoms with Crippen molar-refractivity contribution < 1.29 is 14.4 Å². The smallest absolute Gasteiger partial charge is 0.254 e. The number of amides is 2. The van der Waals surface area contributed by atoms with E-state index in [1.165, 1.54) is 154 Å². The number of unbranched alkanes of at least 4 members (excludes halogenated alkanes) is 24. The van der Waals surface area contributed by atoms with Gasteiger partial charge in [-0.15, -0.1) is 0 Å². The van der Waals surface area contributed by atoms with E-state index in [9.17, 15) is 4.79 Å². The molecule has 0 spiro atoms. The van der Waals surface area contributed by atoms with Gasteiger partial charge < -0.3 is 14.6 Å². The second-order valence-corrected chi connectivity index (χ2v) is 19.8. The van der Waals surface area contributed by atoms with E-state index in [1.54, 1.807) is 17.3 Å². The summed E-state index contributed by atoms with van der Waals surface area (Å²) in [5.74, 6) is -0.786. The van der Waals surface area contributed by atoms with Gasteiger partial charge in [0.15, 0.2) is 11.8 Å². The Hall–Kier alpha value is -3.35. The quantitative estimate of drug-likeness (QED) is 0.0493. The van der Waals surface area contributed by atoms with E-state index in [2.05, 4.69) is 27.7 Å². The number of aromatic nitrogens is 2. The van der Waals surface area contributed by atoms with E-state index in [4.69, 9.17) is 9.97 Å². The third-order valence-electron chi connectivity index (χ3n) is 14.6. The number of aldehydes is 1. The zero-order valence-corrected chi connectivity index (χ0v) is 41.5. The van der Waals surface area contributed by atoms with Crippen LogP contribution in [0.2, 0.25) is 0 Å². The molecule has 2 amide bonds. The van der Waals surface area contributed by atoms with Crippen LogP contribution in [0.5, 0.6) is 0 Å². The van der Waals surface area contributed by atoms with E-state index < -0.39 is 11.5 Å². The summed E-state index contributed by atoms with van der Waals surface area (Å²) in [7, 11) is 0. The van der Waals surface area contributed by atoms with Crippen LogP contribution in [0.1, 0.15) is 245 Å². The lowest BCUT2D eigenvalue weighted by molar-refractivity contribution is -0.142. The first-order valence-electron chi connectivity index (χ1n) is 27.1. The van der Waals surface area contributed by atoms with E-state index >= 15 is 9.59 Å². The largest absolute Gasteiger partial charge is 0.319 e. The summed E-state index contributed by atoms with van der Waals surface area (Å²) in [5.41, 5.74) is 0.659. The molecule has 1 saturated heterocycles. The van der Waals surface area contributed by atoms with Gasteiger partial charge in [0, 0.05) is 25.5 Å². The average Bonchev–Trinajstić information content (AvgIpc) is 3.74. The van der Waals surface area contributed by atoms with Crippen molar-refractivity contribution in [3.63, 3.8) is 0 Å². The summed E-state index contributed by atoms with van der Waals surface area (Å²) in [4.78, 5) is 58.5. The number of rotatable bonds is 39. The lowest BCUT2D eigenvalue weighted by atomic mass is 9.80. The molecule has 4 heterocycles. The van der Waals surface area contributed by atoms with Gasteiger partial charge in [0.2, 0.25) is 5.91 Å². The Balaban J connectivity index is 1.67. The summed E-state index contributed by atoms with van der Waals surface area (Å²) >= 11 is 0. The Morgan fingerprint density at radius 2 is 0.938 bits per heavy atom. The van der Waals surface area contributed by atoms with Crippen LogP contribution in [0.3, 0.4) is 0 Å². The number of hydrogen-bond donors (Lipinski definition) is 0. The first kappa shape index (κ1) is 53.3. The van der Waals surface area contributed by atoms with Gasteiger partial charge in [0.05, 0.1) is 22.7 Å². The van der Waals surface area contributed by atoms with E-state index in [0.29, 0.717) is 41.7 Å². The molecule has 4 atom stereocenters. The lowest BCUT2D eigenvalue weighted by Crippen LogP contribution is -2.53. The van der Waals surface area contributed by atoms with Crippen LogP contribution < -0.4 is 0 Å². The number of hydrogen-bond acceptors (Lipinski definition) is 5. The molecule has 4 unspecified atom stereocenters. The Kier molecular flexibility index (Phi) is 26.3. The number of nitrogens with zero attached hydrogens (tertiary/aromatic N) is 4. The summed E-state index contributed by atoms with van der Waals surface area (Å²) in [5, 5.41) is 0. The van der Waals surface area contributed by atoms with Crippen molar-refractivity contribution in [2.45, 2.75) is 239 Å². The number of carbonyl (C=O) groups is 3. The van der Waals surface area contributed by atoms with Crippen molar-refractivity contribution in [1.29, 1.82) is 0 Å². The van der Waals surface area contributed by atoms with Crippen LogP contribution in [0.4, 0.5) is 0 Å². The third-order valence-corrected chi connectivity index (χ3v) is 14.6. The fourth-order valence-corrected chi connectivity index (χ4v) is 10.8. The average molecular weight is 881 g/mol. The van der Waals surface area contributed by atoms with Gasteiger partial charge in [0.25, 0.3) is 5.91 Å². The molecule has 358 valence electrons. The van der Waals surface area contributed by atoms with E-state index in [-0.39, 0.29) is 17.7 Å². The number of fused-ring (bicyclic) bond motifs is 1. The highest BCUT2D eigenvalue weighted by atomic mass is 16.2. The molecule has 2 aromatic heterocycles. The molecule has 64 heavy (non-hydrogen) atoms. The molecule has 2 aliphatic rings. The standard InChI is InChI=1S/C57H92N4O3/c1-5-9-13-17-21-23-27-30-38-48(37-29-25-19-15-11-7-3)45-60-54(50-41-33-35-43-58-50)52-53(56(60)64)57(47-62,51-42-34-36-44-59-51)61(55(52)63)46-49(39-31-26-20-16-12-8-4)40-32-28-24-22-18-14-10-6-2/h33-36,41-44,47-49,53H,5-32,37-40,45-46H2,1-4H3. The van der Waals surface area contributed by atoms with Gasteiger partial charge in [0.1, 0.15) is 5.92 Å². The van der Waals surface area contributed by atoms with Crippen molar-refractivity contribution in [1.82, 2.24) is 19.8 Å². The maximum Gasteiger partial charge on any atom is 0.254 e. The SMILES string of the molecule is CCCCCCCCCCC(CCCCCCCC)CN1C(=O)C2C(=C1c1ccccn1)C(=O)N(CC(CCCCCCCC)CCCCCCCCCC)C2(C=O)c1ccccn1. The highest BCUT2D eigenvalue weighted by Crippen LogP contribution is 2.53. The molecule has 1 fully saturated rings. The topological polar surface area (TPSA) is 83.5 Å². The van der Waals surface area contributed by atoms with Gasteiger partial charge in [-0.3, -0.25) is 19.6 Å². The molecule has 0 aliphatic carbocycles. The summed E-state index contributed by atoms with van der Waals surface area (Å²) in [6, 6.07) is 11.4. The summed E-state index contributed by atoms with van der Waals surface area (Å²) < 4.78 is 0. The molecular formula is C57H92N4O3. The summed E-state index contributed by atoms with van der Waals surface area (Å²) in [6.45, 7) is 10.0. The molecule has 7 heteroatoms. The predicted molar refractivity (Wildman–Crippen MR) is 267 cm³/mol. The molecule has 4 rings (SSSR count). The lowest BCUT2D eigenvalue weighted by Gasteiger charge is -2.39. The van der Waals surface area contributed by atoms with Gasteiger partial charge in [-0.05, 0) is 61.8 Å². The fourth-order valence-electron chi connectivity index (χ4n) is 10.8. The fraction of sp³-hybridized carbons (Fsp3) is 0.737. The second kappa shape index (κ2) is 31.5. The molecule has 2 aliphatic heterocycles. The highest BCUT2D eigenvalue weighted by Gasteiger charge is 2.66. The second-order valence-electron chi connectivity index (χ2n) is 19.8. The van der Waals surface area contributed by atoms with Crippen molar-refractivity contribution in [2.75, 3.05) is 13.1 Å². The first-order chi connectivity index (χ1) is 31.5. The number of carbonyl (C=O) groups excluding carboxylic acids is 3. The van der Waals surface area contributed by atoms with Crippen molar-refractivity contribution >= 4 is 23.8 Å². The van der Waals surface area contributed by atoms with E-state index in [1.807, 2.05) is 41.3 Å². The molecule has 7 nitrogen and oxygen atoms in total. The number of pyridine rings is 2. The van der Waals surface area contributed by atoms with Crippen LogP contribution >= 0.6 is 0 Å². The molecule has 0 radical (unpaired) electrons.